The fourth-order valence-electron chi connectivity index (χ4n) is 2.16. The van der Waals surface area contributed by atoms with Crippen LogP contribution in [-0.2, 0) is 4.79 Å². The molecular weight excluding hydrogens is 408 g/mol. The van der Waals surface area contributed by atoms with Crippen molar-refractivity contribution in [1.82, 2.24) is 9.97 Å². The van der Waals surface area contributed by atoms with Gasteiger partial charge in [-0.2, -0.15) is 5.26 Å². The van der Waals surface area contributed by atoms with Gasteiger partial charge in [-0.25, -0.2) is 9.97 Å². The van der Waals surface area contributed by atoms with Gasteiger partial charge in [-0.3, -0.25) is 4.79 Å². The van der Waals surface area contributed by atoms with Gasteiger partial charge in [-0.1, -0.05) is 27.5 Å². The lowest BCUT2D eigenvalue weighted by atomic mass is 10.2. The van der Waals surface area contributed by atoms with E-state index in [0.29, 0.717) is 33.1 Å². The molecule has 1 amide bonds. The Morgan fingerprint density at radius 3 is 2.92 bits per heavy atom. The minimum Gasteiger partial charge on any atom is -0.467 e. The molecule has 1 heterocycles. The van der Waals surface area contributed by atoms with Gasteiger partial charge < -0.3 is 10.1 Å². The number of ether oxygens (including phenoxy) is 1. The van der Waals surface area contributed by atoms with E-state index in [1.165, 1.54) is 18.5 Å². The third kappa shape index (κ3) is 4.05. The summed E-state index contributed by atoms with van der Waals surface area (Å²) in [5.41, 5.74) is 1.35. The highest BCUT2D eigenvalue weighted by Gasteiger charge is 2.11. The zero-order valence-electron chi connectivity index (χ0n) is 12.7. The number of nitriles is 1. The minimum atomic E-state index is -0.430. The molecule has 8 heteroatoms. The van der Waals surface area contributed by atoms with Crippen LogP contribution in [0, 0.1) is 11.3 Å². The molecule has 1 aromatic heterocycles. The molecule has 124 valence electrons. The Kier molecular flexibility index (Phi) is 5.12. The van der Waals surface area contributed by atoms with Crippen LogP contribution in [0.15, 0.2) is 47.2 Å². The van der Waals surface area contributed by atoms with Gasteiger partial charge in [0.25, 0.3) is 5.91 Å². The van der Waals surface area contributed by atoms with Crippen LogP contribution in [0.2, 0.25) is 5.02 Å². The third-order valence-electron chi connectivity index (χ3n) is 3.28. The number of fused-ring (bicyclic) bond motifs is 1. The standard InChI is InChI=1S/C17H10BrClN4O2/c18-11-2-4-14-13(5-11)17(22-9-21-14)25-8-16(24)23-15-6-12(19)3-1-10(15)7-20/h1-6,9H,8H2,(H,23,24). The van der Waals surface area contributed by atoms with Gasteiger partial charge in [-0.05, 0) is 36.4 Å². The predicted octanol–water partition coefficient (Wildman–Crippen LogP) is 3.93. The summed E-state index contributed by atoms with van der Waals surface area (Å²) in [6, 6.07) is 12.1. The second-order valence-electron chi connectivity index (χ2n) is 4.98. The number of hydrogen-bond acceptors (Lipinski definition) is 5. The van der Waals surface area contributed by atoms with Crippen molar-refractivity contribution in [3.63, 3.8) is 0 Å². The first-order valence-corrected chi connectivity index (χ1v) is 8.26. The first-order valence-electron chi connectivity index (χ1n) is 7.09. The lowest BCUT2D eigenvalue weighted by molar-refractivity contribution is -0.118. The summed E-state index contributed by atoms with van der Waals surface area (Å²) in [7, 11) is 0. The first kappa shape index (κ1) is 17.1. The third-order valence-corrected chi connectivity index (χ3v) is 4.01. The molecule has 0 saturated heterocycles. The Hall–Kier alpha value is -2.69. The van der Waals surface area contributed by atoms with Gasteiger partial charge in [0.15, 0.2) is 6.61 Å². The smallest absolute Gasteiger partial charge is 0.262 e. The second-order valence-corrected chi connectivity index (χ2v) is 6.33. The number of rotatable bonds is 4. The normalized spacial score (nSPS) is 10.3. The SMILES string of the molecule is N#Cc1ccc(Cl)cc1NC(=O)COc1ncnc2ccc(Br)cc12. The number of nitrogens with zero attached hydrogens (tertiary/aromatic N) is 3. The van der Waals surface area contributed by atoms with Crippen LogP contribution in [-0.4, -0.2) is 22.5 Å². The van der Waals surface area contributed by atoms with Gasteiger partial charge in [-0.15, -0.1) is 0 Å². The van der Waals surface area contributed by atoms with Crippen LogP contribution in [0.3, 0.4) is 0 Å². The van der Waals surface area contributed by atoms with Crippen LogP contribution in [0.4, 0.5) is 5.69 Å². The van der Waals surface area contributed by atoms with Crippen molar-refractivity contribution in [3.8, 4) is 11.9 Å². The molecule has 0 saturated carbocycles. The maximum absolute atomic E-state index is 12.1. The Bertz CT molecular complexity index is 1000. The molecule has 0 aliphatic rings. The number of carbonyl (C=O) groups is 1. The van der Waals surface area contributed by atoms with Crippen molar-refractivity contribution in [1.29, 1.82) is 5.26 Å². The molecule has 3 rings (SSSR count). The monoisotopic (exact) mass is 416 g/mol. The lowest BCUT2D eigenvalue weighted by Gasteiger charge is -2.10. The van der Waals surface area contributed by atoms with Crippen LogP contribution < -0.4 is 10.1 Å². The van der Waals surface area contributed by atoms with Gasteiger partial charge in [0.1, 0.15) is 12.4 Å². The fraction of sp³-hybridized carbons (Fsp3) is 0.0588. The first-order chi connectivity index (χ1) is 12.1. The Morgan fingerprint density at radius 2 is 2.12 bits per heavy atom. The zero-order valence-corrected chi connectivity index (χ0v) is 15.0. The summed E-state index contributed by atoms with van der Waals surface area (Å²) in [4.78, 5) is 20.3. The number of benzene rings is 2. The van der Waals surface area contributed by atoms with Crippen LogP contribution >= 0.6 is 27.5 Å². The Morgan fingerprint density at radius 1 is 1.28 bits per heavy atom. The second kappa shape index (κ2) is 7.47. The number of anilines is 1. The highest BCUT2D eigenvalue weighted by molar-refractivity contribution is 9.10. The van der Waals surface area contributed by atoms with Gasteiger partial charge in [0, 0.05) is 9.50 Å². The van der Waals surface area contributed by atoms with Crippen molar-refractivity contribution in [2.45, 2.75) is 0 Å². The van der Waals surface area contributed by atoms with Crippen LogP contribution in [0.1, 0.15) is 5.56 Å². The number of carbonyl (C=O) groups excluding carboxylic acids is 1. The number of hydrogen-bond donors (Lipinski definition) is 1. The minimum absolute atomic E-state index is 0.268. The Labute approximate surface area is 156 Å². The summed E-state index contributed by atoms with van der Waals surface area (Å²) >= 11 is 9.28. The zero-order chi connectivity index (χ0) is 17.8. The molecular formula is C17H10BrClN4O2. The van der Waals surface area contributed by atoms with E-state index in [9.17, 15) is 4.79 Å². The number of halogens is 2. The summed E-state index contributed by atoms with van der Waals surface area (Å²) in [6.07, 6.45) is 1.37. The summed E-state index contributed by atoms with van der Waals surface area (Å²) in [5, 5.41) is 12.8. The van der Waals surface area contributed by atoms with E-state index >= 15 is 0 Å². The van der Waals surface area contributed by atoms with Crippen molar-refractivity contribution in [3.05, 3.63) is 57.8 Å². The predicted molar refractivity (Wildman–Crippen MR) is 97.5 cm³/mol. The quantitative estimate of drug-likeness (QED) is 0.695. The molecule has 0 unspecified atom stereocenters. The summed E-state index contributed by atoms with van der Waals surface area (Å²) in [5.74, 6) is -0.131. The van der Waals surface area contributed by atoms with E-state index in [-0.39, 0.29) is 6.61 Å². The maximum Gasteiger partial charge on any atom is 0.262 e. The van der Waals surface area contributed by atoms with Crippen molar-refractivity contribution < 1.29 is 9.53 Å². The van der Waals surface area contributed by atoms with Crippen molar-refractivity contribution in [2.75, 3.05) is 11.9 Å². The molecule has 1 N–H and O–H groups in total. The molecule has 25 heavy (non-hydrogen) atoms. The molecule has 0 radical (unpaired) electrons. The van der Waals surface area contributed by atoms with Crippen LogP contribution in [0.25, 0.3) is 10.9 Å². The highest BCUT2D eigenvalue weighted by atomic mass is 79.9. The average molecular weight is 418 g/mol. The van der Waals surface area contributed by atoms with E-state index in [0.717, 1.165) is 4.47 Å². The molecule has 0 atom stereocenters. The molecule has 0 aliphatic heterocycles. The molecule has 0 fully saturated rings. The largest absolute Gasteiger partial charge is 0.467 e. The van der Waals surface area contributed by atoms with E-state index in [1.54, 1.807) is 6.07 Å². The van der Waals surface area contributed by atoms with Gasteiger partial charge >= 0.3 is 0 Å². The number of nitrogens with one attached hydrogen (secondary N) is 1. The van der Waals surface area contributed by atoms with E-state index < -0.39 is 5.91 Å². The summed E-state index contributed by atoms with van der Waals surface area (Å²) in [6.45, 7) is -0.268. The molecule has 6 nitrogen and oxygen atoms in total. The molecule has 0 spiro atoms. The average Bonchev–Trinajstić information content (AvgIpc) is 2.60. The Balaban J connectivity index is 1.74. The topological polar surface area (TPSA) is 87.9 Å². The number of aromatic nitrogens is 2. The van der Waals surface area contributed by atoms with Crippen molar-refractivity contribution >= 4 is 50.0 Å². The van der Waals surface area contributed by atoms with Crippen molar-refractivity contribution in [2.24, 2.45) is 0 Å². The molecule has 0 bridgehead atoms. The van der Waals surface area contributed by atoms with Gasteiger partial charge in [0.2, 0.25) is 5.88 Å². The van der Waals surface area contributed by atoms with E-state index in [1.807, 2.05) is 24.3 Å². The fourth-order valence-corrected chi connectivity index (χ4v) is 2.69. The summed E-state index contributed by atoms with van der Waals surface area (Å²) < 4.78 is 6.36. The molecule has 2 aromatic carbocycles. The van der Waals surface area contributed by atoms with E-state index in [4.69, 9.17) is 21.6 Å². The highest BCUT2D eigenvalue weighted by Crippen LogP contribution is 2.25. The number of amides is 1. The van der Waals surface area contributed by atoms with E-state index in [2.05, 4.69) is 31.2 Å². The lowest BCUT2D eigenvalue weighted by Crippen LogP contribution is -2.21. The molecule has 3 aromatic rings. The van der Waals surface area contributed by atoms with Crippen LogP contribution in [0.5, 0.6) is 5.88 Å². The maximum atomic E-state index is 12.1. The molecule has 0 aliphatic carbocycles. The van der Waals surface area contributed by atoms with Gasteiger partial charge in [0.05, 0.1) is 22.2 Å².